The lowest BCUT2D eigenvalue weighted by Gasteiger charge is -2.11. The number of anilines is 1. The third kappa shape index (κ3) is 3.55. The number of nitrogens with one attached hydrogen (secondary N) is 1. The second-order valence-corrected chi connectivity index (χ2v) is 4.92. The van der Waals surface area contributed by atoms with Crippen LogP contribution in [0.1, 0.15) is 45.4 Å². The first-order valence-corrected chi connectivity index (χ1v) is 7.10. The molecule has 0 aromatic carbocycles. The van der Waals surface area contributed by atoms with E-state index < -0.39 is 4.92 Å². The van der Waals surface area contributed by atoms with Gasteiger partial charge in [-0.1, -0.05) is 13.8 Å². The van der Waals surface area contributed by atoms with Crippen molar-refractivity contribution in [2.45, 2.75) is 52.0 Å². The van der Waals surface area contributed by atoms with Gasteiger partial charge in [-0.3, -0.25) is 10.1 Å². The molecule has 1 N–H and O–H groups in total. The largest absolute Gasteiger partial charge is 0.473 e. The Morgan fingerprint density at radius 3 is 2.65 bits per heavy atom. The van der Waals surface area contributed by atoms with E-state index in [0.717, 1.165) is 25.7 Å². The van der Waals surface area contributed by atoms with Crippen LogP contribution in [0.2, 0.25) is 0 Å². The standard InChI is InChI=1S/C13H20N4O3/c1-3-5-10-15-12(14-9-6-7-9)11(17(18)19)13(16-10)20-8-4-2/h9H,3-8H2,1-2H3,(H,14,15,16). The second kappa shape index (κ2) is 6.49. The van der Waals surface area contributed by atoms with E-state index in [-0.39, 0.29) is 17.6 Å². The number of aromatic nitrogens is 2. The molecule has 1 fully saturated rings. The van der Waals surface area contributed by atoms with Crippen LogP contribution < -0.4 is 10.1 Å². The van der Waals surface area contributed by atoms with Crippen LogP contribution >= 0.6 is 0 Å². The Bertz CT molecular complexity index is 489. The lowest BCUT2D eigenvalue weighted by Crippen LogP contribution is -2.12. The van der Waals surface area contributed by atoms with Crippen molar-refractivity contribution in [2.75, 3.05) is 11.9 Å². The summed E-state index contributed by atoms with van der Waals surface area (Å²) in [5.74, 6) is 0.966. The number of rotatable bonds is 8. The molecule has 0 amide bonds. The van der Waals surface area contributed by atoms with Gasteiger partial charge in [-0.15, -0.1) is 0 Å². The Morgan fingerprint density at radius 2 is 2.10 bits per heavy atom. The zero-order valence-electron chi connectivity index (χ0n) is 11.9. The van der Waals surface area contributed by atoms with Gasteiger partial charge in [0.1, 0.15) is 5.82 Å². The van der Waals surface area contributed by atoms with Gasteiger partial charge < -0.3 is 10.1 Å². The van der Waals surface area contributed by atoms with E-state index >= 15 is 0 Å². The molecule has 0 atom stereocenters. The predicted octanol–water partition coefficient (Wildman–Crippen LogP) is 2.70. The van der Waals surface area contributed by atoms with Crippen LogP contribution in [-0.4, -0.2) is 27.5 Å². The number of aryl methyl sites for hydroxylation is 1. The molecule has 0 saturated heterocycles. The molecule has 2 rings (SSSR count). The summed E-state index contributed by atoms with van der Waals surface area (Å²) in [4.78, 5) is 19.3. The quantitative estimate of drug-likeness (QED) is 0.581. The number of nitro groups is 1. The molecular weight excluding hydrogens is 260 g/mol. The van der Waals surface area contributed by atoms with Gasteiger partial charge in [-0.05, 0) is 25.7 Å². The van der Waals surface area contributed by atoms with Crippen molar-refractivity contribution >= 4 is 11.5 Å². The molecule has 1 aliphatic carbocycles. The normalized spacial score (nSPS) is 14.1. The van der Waals surface area contributed by atoms with Crippen LogP contribution in [0.5, 0.6) is 5.88 Å². The minimum Gasteiger partial charge on any atom is -0.473 e. The third-order valence-corrected chi connectivity index (χ3v) is 2.92. The zero-order chi connectivity index (χ0) is 14.5. The Kier molecular flexibility index (Phi) is 4.70. The lowest BCUT2D eigenvalue weighted by molar-refractivity contribution is -0.385. The molecule has 0 bridgehead atoms. The smallest absolute Gasteiger partial charge is 0.372 e. The van der Waals surface area contributed by atoms with E-state index in [1.54, 1.807) is 0 Å². The van der Waals surface area contributed by atoms with Crippen LogP contribution in [0.4, 0.5) is 11.5 Å². The first kappa shape index (κ1) is 14.5. The van der Waals surface area contributed by atoms with Gasteiger partial charge >= 0.3 is 5.69 Å². The fraction of sp³-hybridized carbons (Fsp3) is 0.692. The molecular formula is C13H20N4O3. The summed E-state index contributed by atoms with van der Waals surface area (Å²) >= 11 is 0. The van der Waals surface area contributed by atoms with Crippen molar-refractivity contribution in [1.82, 2.24) is 9.97 Å². The van der Waals surface area contributed by atoms with Crippen molar-refractivity contribution in [1.29, 1.82) is 0 Å². The van der Waals surface area contributed by atoms with E-state index in [1.807, 2.05) is 13.8 Å². The maximum Gasteiger partial charge on any atom is 0.372 e. The molecule has 0 spiro atoms. The SMILES string of the molecule is CCCOc1nc(CCC)nc(NC2CC2)c1[N+](=O)[O-]. The highest BCUT2D eigenvalue weighted by Crippen LogP contribution is 2.35. The molecule has 0 aliphatic heterocycles. The number of hydrogen-bond acceptors (Lipinski definition) is 6. The highest BCUT2D eigenvalue weighted by Gasteiger charge is 2.30. The first-order chi connectivity index (χ1) is 9.65. The van der Waals surface area contributed by atoms with Gasteiger partial charge in [0.2, 0.25) is 5.82 Å². The fourth-order valence-corrected chi connectivity index (χ4v) is 1.80. The van der Waals surface area contributed by atoms with Crippen molar-refractivity contribution in [3.05, 3.63) is 15.9 Å². The lowest BCUT2D eigenvalue weighted by atomic mass is 10.3. The average Bonchev–Trinajstić information content (AvgIpc) is 3.20. The summed E-state index contributed by atoms with van der Waals surface area (Å²) in [6.07, 6.45) is 4.38. The fourth-order valence-electron chi connectivity index (χ4n) is 1.80. The Labute approximate surface area is 117 Å². The van der Waals surface area contributed by atoms with Gasteiger partial charge in [0.25, 0.3) is 5.88 Å². The molecule has 1 aliphatic rings. The topological polar surface area (TPSA) is 90.2 Å². The van der Waals surface area contributed by atoms with E-state index in [1.165, 1.54) is 0 Å². The average molecular weight is 280 g/mol. The van der Waals surface area contributed by atoms with Crippen LogP contribution in [0.3, 0.4) is 0 Å². The van der Waals surface area contributed by atoms with Crippen molar-refractivity contribution in [3.63, 3.8) is 0 Å². The maximum atomic E-state index is 11.3. The minimum atomic E-state index is -0.467. The molecule has 1 aromatic rings. The molecule has 110 valence electrons. The molecule has 7 heteroatoms. The van der Waals surface area contributed by atoms with Crippen LogP contribution in [0.15, 0.2) is 0 Å². The highest BCUT2D eigenvalue weighted by molar-refractivity contribution is 5.62. The van der Waals surface area contributed by atoms with Crippen molar-refractivity contribution < 1.29 is 9.66 Å². The molecule has 1 saturated carbocycles. The summed E-state index contributed by atoms with van der Waals surface area (Å²) in [6.45, 7) is 4.38. The third-order valence-electron chi connectivity index (χ3n) is 2.92. The molecule has 0 radical (unpaired) electrons. The highest BCUT2D eigenvalue weighted by atomic mass is 16.6. The summed E-state index contributed by atoms with van der Waals surface area (Å²) in [6, 6.07) is 0.289. The monoisotopic (exact) mass is 280 g/mol. The van der Waals surface area contributed by atoms with Crippen molar-refractivity contribution in [2.24, 2.45) is 0 Å². The van der Waals surface area contributed by atoms with E-state index in [9.17, 15) is 10.1 Å². The van der Waals surface area contributed by atoms with Gasteiger partial charge in [0.05, 0.1) is 11.5 Å². The zero-order valence-corrected chi connectivity index (χ0v) is 11.9. The van der Waals surface area contributed by atoms with Gasteiger partial charge in [0.15, 0.2) is 0 Å². The van der Waals surface area contributed by atoms with Crippen LogP contribution in [0, 0.1) is 10.1 Å². The van der Waals surface area contributed by atoms with Crippen LogP contribution in [0.25, 0.3) is 0 Å². The first-order valence-electron chi connectivity index (χ1n) is 7.10. The summed E-state index contributed by atoms with van der Waals surface area (Å²) in [7, 11) is 0. The summed E-state index contributed by atoms with van der Waals surface area (Å²) in [5.41, 5.74) is -0.148. The molecule has 7 nitrogen and oxygen atoms in total. The second-order valence-electron chi connectivity index (χ2n) is 4.92. The van der Waals surface area contributed by atoms with Gasteiger partial charge in [0, 0.05) is 12.5 Å². The maximum absolute atomic E-state index is 11.3. The molecule has 0 unspecified atom stereocenters. The molecule has 1 aromatic heterocycles. The molecule has 20 heavy (non-hydrogen) atoms. The Hall–Kier alpha value is -1.92. The summed E-state index contributed by atoms with van der Waals surface area (Å²) in [5, 5.41) is 14.4. The van der Waals surface area contributed by atoms with E-state index in [0.29, 0.717) is 24.7 Å². The number of ether oxygens (including phenoxy) is 1. The number of hydrogen-bond donors (Lipinski definition) is 1. The van der Waals surface area contributed by atoms with Gasteiger partial charge in [-0.2, -0.15) is 4.98 Å². The number of nitrogens with zero attached hydrogens (tertiary/aromatic N) is 3. The van der Waals surface area contributed by atoms with Crippen LogP contribution in [-0.2, 0) is 6.42 Å². The Morgan fingerprint density at radius 1 is 1.35 bits per heavy atom. The minimum absolute atomic E-state index is 0.0819. The molecule has 1 heterocycles. The van der Waals surface area contributed by atoms with E-state index in [2.05, 4.69) is 15.3 Å². The predicted molar refractivity (Wildman–Crippen MR) is 75.1 cm³/mol. The van der Waals surface area contributed by atoms with Crippen molar-refractivity contribution in [3.8, 4) is 5.88 Å². The van der Waals surface area contributed by atoms with Gasteiger partial charge in [-0.25, -0.2) is 4.98 Å². The summed E-state index contributed by atoms with van der Waals surface area (Å²) < 4.78 is 5.44. The van der Waals surface area contributed by atoms with E-state index in [4.69, 9.17) is 4.74 Å². The Balaban J connectivity index is 2.37.